The van der Waals surface area contributed by atoms with E-state index in [1.807, 2.05) is 11.3 Å². The second-order valence-electron chi connectivity index (χ2n) is 7.18. The minimum atomic E-state index is 0.428. The predicted molar refractivity (Wildman–Crippen MR) is 85.8 cm³/mol. The summed E-state index contributed by atoms with van der Waals surface area (Å²) in [5.41, 5.74) is 1.93. The van der Waals surface area contributed by atoms with Gasteiger partial charge in [-0.05, 0) is 49.7 Å². The molecule has 0 radical (unpaired) electrons. The van der Waals surface area contributed by atoms with Crippen LogP contribution in [-0.2, 0) is 6.54 Å². The van der Waals surface area contributed by atoms with Crippen LogP contribution in [0, 0.1) is 25.2 Å². The van der Waals surface area contributed by atoms with E-state index in [1.165, 1.54) is 41.0 Å². The van der Waals surface area contributed by atoms with E-state index in [0.717, 1.165) is 12.5 Å². The van der Waals surface area contributed by atoms with Gasteiger partial charge in [0.1, 0.15) is 0 Å². The predicted octanol–water partition coefficient (Wildman–Crippen LogP) is 5.06. The fourth-order valence-electron chi connectivity index (χ4n) is 3.51. The number of hydrogen-bond donors (Lipinski definition) is 1. The summed E-state index contributed by atoms with van der Waals surface area (Å²) >= 11 is 1.92. The van der Waals surface area contributed by atoms with Crippen LogP contribution in [0.25, 0.3) is 0 Å². The average molecular weight is 279 g/mol. The van der Waals surface area contributed by atoms with Crippen molar-refractivity contribution < 1.29 is 0 Å². The number of nitrogens with one attached hydrogen (secondary N) is 1. The molecule has 1 nitrogen and oxygen atoms in total. The first-order valence-electron chi connectivity index (χ1n) is 7.67. The van der Waals surface area contributed by atoms with Crippen molar-refractivity contribution in [3.05, 3.63) is 21.4 Å². The second-order valence-corrected chi connectivity index (χ2v) is 8.64. The molecule has 2 rings (SSSR count). The maximum absolute atomic E-state index is 3.86. The molecule has 1 fully saturated rings. The fourth-order valence-corrected chi connectivity index (χ4v) is 4.46. The van der Waals surface area contributed by atoms with Gasteiger partial charge in [-0.1, -0.05) is 33.6 Å². The molecular formula is C17H29NS. The molecule has 0 aromatic carbocycles. The van der Waals surface area contributed by atoms with Gasteiger partial charge in [0.2, 0.25) is 0 Å². The summed E-state index contributed by atoms with van der Waals surface area (Å²) < 4.78 is 0. The lowest BCUT2D eigenvalue weighted by atomic mass is 9.69. The Kier molecular flexibility index (Phi) is 4.73. The van der Waals surface area contributed by atoms with E-state index in [0.29, 0.717) is 11.5 Å². The molecule has 1 heterocycles. The smallest absolute Gasteiger partial charge is 0.0219 e. The molecule has 0 bridgehead atoms. The Morgan fingerprint density at radius 2 is 1.89 bits per heavy atom. The van der Waals surface area contributed by atoms with Crippen molar-refractivity contribution in [2.75, 3.05) is 0 Å². The Balaban J connectivity index is 1.98. The van der Waals surface area contributed by atoms with Crippen molar-refractivity contribution in [1.82, 2.24) is 5.32 Å². The molecule has 1 aliphatic rings. The van der Waals surface area contributed by atoms with E-state index < -0.39 is 0 Å². The third kappa shape index (κ3) is 3.82. The molecular weight excluding hydrogens is 250 g/mol. The van der Waals surface area contributed by atoms with Gasteiger partial charge < -0.3 is 5.32 Å². The zero-order valence-corrected chi connectivity index (χ0v) is 14.0. The molecule has 0 amide bonds. The summed E-state index contributed by atoms with van der Waals surface area (Å²) in [6, 6.07) is 3.05. The zero-order chi connectivity index (χ0) is 14.0. The van der Waals surface area contributed by atoms with Crippen LogP contribution in [0.1, 0.15) is 61.8 Å². The Morgan fingerprint density at radius 1 is 1.21 bits per heavy atom. The standard InChI is InChI=1S/C17H29NS/c1-12-10-14(13(2)19-12)11-18-16-9-7-6-8-15(16)17(3,4)5/h10,15-16,18H,6-9,11H2,1-5H3. The Hall–Kier alpha value is -0.340. The largest absolute Gasteiger partial charge is 0.310 e. The summed E-state index contributed by atoms with van der Waals surface area (Å²) in [6.07, 6.45) is 5.55. The zero-order valence-electron chi connectivity index (χ0n) is 13.2. The highest BCUT2D eigenvalue weighted by Gasteiger charge is 2.33. The van der Waals surface area contributed by atoms with Crippen LogP contribution in [0.4, 0.5) is 0 Å². The first-order valence-corrected chi connectivity index (χ1v) is 8.49. The molecule has 1 N–H and O–H groups in total. The number of rotatable bonds is 3. The highest BCUT2D eigenvalue weighted by molar-refractivity contribution is 7.12. The van der Waals surface area contributed by atoms with Crippen LogP contribution in [0.5, 0.6) is 0 Å². The van der Waals surface area contributed by atoms with E-state index in [-0.39, 0.29) is 0 Å². The van der Waals surface area contributed by atoms with Crippen molar-refractivity contribution in [1.29, 1.82) is 0 Å². The van der Waals surface area contributed by atoms with Crippen molar-refractivity contribution >= 4 is 11.3 Å². The average Bonchev–Trinajstić information content (AvgIpc) is 2.64. The van der Waals surface area contributed by atoms with Crippen LogP contribution in [0.3, 0.4) is 0 Å². The summed E-state index contributed by atoms with van der Waals surface area (Å²) in [5, 5.41) is 3.86. The Morgan fingerprint density at radius 3 is 2.47 bits per heavy atom. The molecule has 0 aliphatic heterocycles. The number of aryl methyl sites for hydroxylation is 2. The quantitative estimate of drug-likeness (QED) is 0.815. The molecule has 108 valence electrons. The van der Waals surface area contributed by atoms with E-state index in [2.05, 4.69) is 46.0 Å². The van der Waals surface area contributed by atoms with Gasteiger partial charge in [-0.3, -0.25) is 0 Å². The molecule has 0 spiro atoms. The minimum Gasteiger partial charge on any atom is -0.310 e. The van der Waals surface area contributed by atoms with E-state index in [1.54, 1.807) is 0 Å². The molecule has 1 aromatic heterocycles. The molecule has 1 aliphatic carbocycles. The molecule has 2 atom stereocenters. The maximum Gasteiger partial charge on any atom is 0.0219 e. The first-order chi connectivity index (χ1) is 8.88. The Labute approximate surface area is 122 Å². The van der Waals surface area contributed by atoms with Gasteiger partial charge in [0.15, 0.2) is 0 Å². The van der Waals surface area contributed by atoms with E-state index >= 15 is 0 Å². The highest BCUT2D eigenvalue weighted by Crippen LogP contribution is 2.38. The van der Waals surface area contributed by atoms with Crippen molar-refractivity contribution in [3.8, 4) is 0 Å². The molecule has 1 saturated carbocycles. The molecule has 2 heteroatoms. The second kappa shape index (κ2) is 5.97. The fraction of sp³-hybridized carbons (Fsp3) is 0.765. The normalized spacial score (nSPS) is 24.7. The van der Waals surface area contributed by atoms with Gasteiger partial charge >= 0.3 is 0 Å². The highest BCUT2D eigenvalue weighted by atomic mass is 32.1. The summed E-state index contributed by atoms with van der Waals surface area (Å²) in [5.74, 6) is 0.821. The lowest BCUT2D eigenvalue weighted by Crippen LogP contribution is -2.43. The molecule has 19 heavy (non-hydrogen) atoms. The van der Waals surface area contributed by atoms with Crippen LogP contribution < -0.4 is 5.32 Å². The Bertz CT molecular complexity index is 413. The van der Waals surface area contributed by atoms with Gasteiger partial charge in [0.25, 0.3) is 0 Å². The summed E-state index contributed by atoms with van der Waals surface area (Å²) in [4.78, 5) is 2.92. The topological polar surface area (TPSA) is 12.0 Å². The van der Waals surface area contributed by atoms with Gasteiger partial charge in [-0.25, -0.2) is 0 Å². The van der Waals surface area contributed by atoms with E-state index in [9.17, 15) is 0 Å². The third-order valence-electron chi connectivity index (χ3n) is 4.58. The van der Waals surface area contributed by atoms with Crippen molar-refractivity contribution in [2.24, 2.45) is 11.3 Å². The van der Waals surface area contributed by atoms with Gasteiger partial charge in [0.05, 0.1) is 0 Å². The molecule has 1 aromatic rings. The van der Waals surface area contributed by atoms with Gasteiger partial charge in [-0.15, -0.1) is 11.3 Å². The van der Waals surface area contributed by atoms with Gasteiger partial charge in [-0.2, -0.15) is 0 Å². The van der Waals surface area contributed by atoms with Crippen LogP contribution in [0.15, 0.2) is 6.07 Å². The SMILES string of the molecule is Cc1cc(CNC2CCCCC2C(C)(C)C)c(C)s1. The van der Waals surface area contributed by atoms with Crippen molar-refractivity contribution in [3.63, 3.8) is 0 Å². The minimum absolute atomic E-state index is 0.428. The molecule has 2 unspecified atom stereocenters. The number of hydrogen-bond acceptors (Lipinski definition) is 2. The van der Waals surface area contributed by atoms with E-state index in [4.69, 9.17) is 0 Å². The summed E-state index contributed by atoms with van der Waals surface area (Å²) in [7, 11) is 0. The summed E-state index contributed by atoms with van der Waals surface area (Å²) in [6.45, 7) is 12.7. The maximum atomic E-state index is 3.86. The lowest BCUT2D eigenvalue weighted by Gasteiger charge is -2.41. The van der Waals surface area contributed by atoms with Crippen molar-refractivity contribution in [2.45, 2.75) is 72.9 Å². The third-order valence-corrected chi connectivity index (χ3v) is 5.59. The molecule has 0 saturated heterocycles. The van der Waals surface area contributed by atoms with Crippen LogP contribution >= 0.6 is 11.3 Å². The lowest BCUT2D eigenvalue weighted by molar-refractivity contribution is 0.130. The van der Waals surface area contributed by atoms with Crippen LogP contribution in [-0.4, -0.2) is 6.04 Å². The monoisotopic (exact) mass is 279 g/mol. The number of thiophene rings is 1. The van der Waals surface area contributed by atoms with Gasteiger partial charge in [0, 0.05) is 22.3 Å². The first kappa shape index (κ1) is 15.1. The van der Waals surface area contributed by atoms with Crippen LogP contribution in [0.2, 0.25) is 0 Å².